The van der Waals surface area contributed by atoms with Gasteiger partial charge in [-0.05, 0) is 32.6 Å². The Morgan fingerprint density at radius 2 is 1.77 bits per heavy atom. The monoisotopic (exact) mass is 354 g/mol. The first-order valence-electron chi connectivity index (χ1n) is 8.66. The molecule has 0 radical (unpaired) electrons. The number of rotatable bonds is 3. The van der Waals surface area contributed by atoms with Crippen LogP contribution in [-0.4, -0.2) is 20.7 Å². The molecule has 0 aliphatic heterocycles. The van der Waals surface area contributed by atoms with E-state index in [2.05, 4.69) is 29.5 Å². The number of hydrogen-bond acceptors (Lipinski definition) is 6. The fourth-order valence-electron chi connectivity index (χ4n) is 3.73. The van der Waals surface area contributed by atoms with Crippen molar-refractivity contribution in [1.29, 1.82) is 0 Å². The molecule has 3 heterocycles. The van der Waals surface area contributed by atoms with Crippen LogP contribution in [0.4, 0.5) is 11.5 Å². The van der Waals surface area contributed by atoms with Crippen molar-refractivity contribution in [2.45, 2.75) is 47.5 Å². The Labute approximate surface area is 151 Å². The zero-order valence-electron chi connectivity index (χ0n) is 15.6. The summed E-state index contributed by atoms with van der Waals surface area (Å²) in [5, 5.41) is 11.4. The highest BCUT2D eigenvalue weighted by atomic mass is 16.5. The molecule has 1 N–H and O–H groups in total. The molecule has 7 heteroatoms. The molecule has 0 saturated heterocycles. The van der Waals surface area contributed by atoms with Gasteiger partial charge in [-0.25, -0.2) is 0 Å². The number of ketones is 1. The fraction of sp³-hybridized carbons (Fsp3) is 0.421. The average Bonchev–Trinajstić information content (AvgIpc) is 3.19. The minimum absolute atomic E-state index is 0.104. The van der Waals surface area contributed by atoms with Crippen molar-refractivity contribution in [3.63, 3.8) is 0 Å². The molecule has 0 bridgehead atoms. The SMILES string of the molecule is Cc1cc(Nc2c3c(n(-c4cc(C)on4)c2C)CC(C)(C)CC3=O)no1. The van der Waals surface area contributed by atoms with Crippen molar-refractivity contribution in [3.8, 4) is 5.82 Å². The first kappa shape index (κ1) is 16.6. The van der Waals surface area contributed by atoms with Crippen LogP contribution in [0.15, 0.2) is 21.2 Å². The van der Waals surface area contributed by atoms with Crippen LogP contribution in [0.1, 0.15) is 53.5 Å². The van der Waals surface area contributed by atoms with Crippen molar-refractivity contribution >= 4 is 17.3 Å². The molecule has 0 aromatic carbocycles. The predicted octanol–water partition coefficient (Wildman–Crippen LogP) is 4.28. The fourth-order valence-corrected chi connectivity index (χ4v) is 3.73. The van der Waals surface area contributed by atoms with Crippen LogP contribution < -0.4 is 5.32 Å². The Hall–Kier alpha value is -2.83. The number of anilines is 2. The molecule has 1 aliphatic rings. The van der Waals surface area contributed by atoms with Gasteiger partial charge in [-0.3, -0.25) is 9.36 Å². The smallest absolute Gasteiger partial charge is 0.180 e. The summed E-state index contributed by atoms with van der Waals surface area (Å²) in [6.45, 7) is 9.88. The molecule has 7 nitrogen and oxygen atoms in total. The third kappa shape index (κ3) is 2.64. The second-order valence-corrected chi connectivity index (χ2v) is 7.80. The molecule has 0 amide bonds. The van der Waals surface area contributed by atoms with Gasteiger partial charge in [0.1, 0.15) is 11.5 Å². The van der Waals surface area contributed by atoms with E-state index in [9.17, 15) is 4.79 Å². The summed E-state index contributed by atoms with van der Waals surface area (Å²) in [7, 11) is 0. The second kappa shape index (κ2) is 5.59. The molecular formula is C19H22N4O3. The van der Waals surface area contributed by atoms with E-state index >= 15 is 0 Å². The topological polar surface area (TPSA) is 86.1 Å². The summed E-state index contributed by atoms with van der Waals surface area (Å²) in [6.07, 6.45) is 1.29. The van der Waals surface area contributed by atoms with Gasteiger partial charge in [-0.15, -0.1) is 0 Å². The number of aromatic nitrogens is 3. The minimum Gasteiger partial charge on any atom is -0.360 e. The van der Waals surface area contributed by atoms with Gasteiger partial charge in [-0.2, -0.15) is 0 Å². The first-order valence-corrected chi connectivity index (χ1v) is 8.66. The summed E-state index contributed by atoms with van der Waals surface area (Å²) in [5.74, 6) is 2.83. The predicted molar refractivity (Wildman–Crippen MR) is 96.3 cm³/mol. The number of carbonyl (C=O) groups excluding carboxylic acids is 1. The van der Waals surface area contributed by atoms with Gasteiger partial charge in [0.05, 0.1) is 11.3 Å². The van der Waals surface area contributed by atoms with Crippen LogP contribution in [-0.2, 0) is 6.42 Å². The van der Waals surface area contributed by atoms with Gasteiger partial charge in [0.15, 0.2) is 17.4 Å². The summed E-state index contributed by atoms with van der Waals surface area (Å²) in [5.41, 5.74) is 3.22. The second-order valence-electron chi connectivity index (χ2n) is 7.80. The summed E-state index contributed by atoms with van der Waals surface area (Å²) >= 11 is 0. The minimum atomic E-state index is -0.104. The van der Waals surface area contributed by atoms with E-state index < -0.39 is 0 Å². The molecule has 0 atom stereocenters. The molecule has 26 heavy (non-hydrogen) atoms. The van der Waals surface area contributed by atoms with E-state index in [0.717, 1.165) is 29.3 Å². The lowest BCUT2D eigenvalue weighted by molar-refractivity contribution is 0.0911. The van der Waals surface area contributed by atoms with Gasteiger partial charge >= 0.3 is 0 Å². The van der Waals surface area contributed by atoms with Gasteiger partial charge in [-0.1, -0.05) is 24.2 Å². The quantitative estimate of drug-likeness (QED) is 0.755. The average molecular weight is 354 g/mol. The highest BCUT2D eigenvalue weighted by molar-refractivity contribution is 6.05. The largest absolute Gasteiger partial charge is 0.360 e. The van der Waals surface area contributed by atoms with Gasteiger partial charge in [0.25, 0.3) is 0 Å². The third-order valence-electron chi connectivity index (χ3n) is 4.80. The molecule has 4 rings (SSSR count). The number of nitrogens with one attached hydrogen (secondary N) is 1. The standard InChI is InChI=1S/C19H22N4O3/c1-10-6-15(21-25-10)20-18-12(3)23(16-7-11(2)26-22-16)13-8-19(4,5)9-14(24)17(13)18/h6-7H,8-9H2,1-5H3,(H,20,21). The lowest BCUT2D eigenvalue weighted by atomic mass is 9.76. The maximum absolute atomic E-state index is 13.0. The van der Waals surface area contributed by atoms with Crippen molar-refractivity contribution in [2.24, 2.45) is 5.41 Å². The zero-order valence-corrected chi connectivity index (χ0v) is 15.6. The van der Waals surface area contributed by atoms with Gasteiger partial charge in [0, 0.05) is 29.9 Å². The van der Waals surface area contributed by atoms with Crippen molar-refractivity contribution in [2.75, 3.05) is 5.32 Å². The van der Waals surface area contributed by atoms with Crippen LogP contribution in [0.25, 0.3) is 5.82 Å². The van der Waals surface area contributed by atoms with E-state index in [-0.39, 0.29) is 11.2 Å². The van der Waals surface area contributed by atoms with Crippen LogP contribution >= 0.6 is 0 Å². The molecule has 3 aromatic heterocycles. The molecule has 1 aliphatic carbocycles. The summed E-state index contributed by atoms with van der Waals surface area (Å²) < 4.78 is 12.4. The van der Waals surface area contributed by atoms with E-state index in [1.54, 1.807) is 6.07 Å². The van der Waals surface area contributed by atoms with E-state index in [1.165, 1.54) is 0 Å². The van der Waals surface area contributed by atoms with Crippen LogP contribution in [0, 0.1) is 26.2 Å². The molecule has 0 saturated carbocycles. The summed E-state index contributed by atoms with van der Waals surface area (Å²) in [6, 6.07) is 3.68. The number of aryl methyl sites for hydroxylation is 2. The van der Waals surface area contributed by atoms with Gasteiger partial charge in [0.2, 0.25) is 0 Å². The number of hydrogen-bond donors (Lipinski definition) is 1. The number of fused-ring (bicyclic) bond motifs is 1. The van der Waals surface area contributed by atoms with Crippen LogP contribution in [0.5, 0.6) is 0 Å². The molecule has 0 fully saturated rings. The molecule has 0 spiro atoms. The number of nitrogens with zero attached hydrogens (tertiary/aromatic N) is 3. The summed E-state index contributed by atoms with van der Waals surface area (Å²) in [4.78, 5) is 13.0. The van der Waals surface area contributed by atoms with Crippen molar-refractivity contribution in [1.82, 2.24) is 14.9 Å². The van der Waals surface area contributed by atoms with Crippen molar-refractivity contribution < 1.29 is 13.8 Å². The zero-order chi connectivity index (χ0) is 18.6. The van der Waals surface area contributed by atoms with E-state index in [4.69, 9.17) is 9.05 Å². The number of Topliss-reactive ketones (excluding diaryl/α,β-unsaturated/α-hetero) is 1. The molecule has 0 unspecified atom stereocenters. The van der Waals surface area contributed by atoms with Crippen molar-refractivity contribution in [3.05, 3.63) is 40.6 Å². The van der Waals surface area contributed by atoms with Crippen LogP contribution in [0.3, 0.4) is 0 Å². The highest BCUT2D eigenvalue weighted by Gasteiger charge is 2.37. The lowest BCUT2D eigenvalue weighted by Crippen LogP contribution is -2.28. The lowest BCUT2D eigenvalue weighted by Gasteiger charge is -2.29. The molecule has 136 valence electrons. The Morgan fingerprint density at radius 3 is 2.38 bits per heavy atom. The molecule has 3 aromatic rings. The highest BCUT2D eigenvalue weighted by Crippen LogP contribution is 2.42. The third-order valence-corrected chi connectivity index (χ3v) is 4.80. The Kier molecular flexibility index (Phi) is 3.57. The normalized spacial score (nSPS) is 16.0. The number of carbonyl (C=O) groups is 1. The maximum atomic E-state index is 13.0. The Morgan fingerprint density at radius 1 is 1.08 bits per heavy atom. The molecular weight excluding hydrogens is 332 g/mol. The van der Waals surface area contributed by atoms with E-state index in [0.29, 0.717) is 29.4 Å². The first-order chi connectivity index (χ1) is 12.2. The van der Waals surface area contributed by atoms with Gasteiger partial charge < -0.3 is 14.4 Å². The van der Waals surface area contributed by atoms with Crippen LogP contribution in [0.2, 0.25) is 0 Å². The Bertz CT molecular complexity index is 1010. The Balaban J connectivity index is 1.92. The maximum Gasteiger partial charge on any atom is 0.180 e. The van der Waals surface area contributed by atoms with E-state index in [1.807, 2.05) is 31.4 Å².